The van der Waals surface area contributed by atoms with Crippen LogP contribution in [0, 0.1) is 0 Å². The molecular formula is C13H14Cl2N2O2. The lowest BCUT2D eigenvalue weighted by molar-refractivity contribution is 0.141. The van der Waals surface area contributed by atoms with Crippen molar-refractivity contribution in [1.82, 2.24) is 10.1 Å². The van der Waals surface area contributed by atoms with Gasteiger partial charge in [0.25, 0.3) is 0 Å². The molecule has 2 aromatic rings. The summed E-state index contributed by atoms with van der Waals surface area (Å²) >= 11 is 11.9. The molecule has 4 nitrogen and oxygen atoms in total. The molecule has 1 aromatic heterocycles. The van der Waals surface area contributed by atoms with E-state index >= 15 is 0 Å². The van der Waals surface area contributed by atoms with Crippen molar-refractivity contribution in [2.45, 2.75) is 32.3 Å². The van der Waals surface area contributed by atoms with E-state index in [9.17, 15) is 5.11 Å². The van der Waals surface area contributed by atoms with Crippen molar-refractivity contribution in [3.63, 3.8) is 0 Å². The Labute approximate surface area is 121 Å². The van der Waals surface area contributed by atoms with Crippen molar-refractivity contribution in [1.29, 1.82) is 0 Å². The number of rotatable bonds is 4. The predicted octanol–water partition coefficient (Wildman–Crippen LogP) is 3.92. The molecule has 19 heavy (non-hydrogen) atoms. The number of benzene rings is 1. The van der Waals surface area contributed by atoms with Crippen LogP contribution in [-0.4, -0.2) is 21.4 Å². The summed E-state index contributed by atoms with van der Waals surface area (Å²) in [5, 5.41) is 14.6. The van der Waals surface area contributed by atoms with Crippen LogP contribution in [0.25, 0.3) is 11.4 Å². The number of aromatic nitrogens is 2. The van der Waals surface area contributed by atoms with Crippen LogP contribution in [0.4, 0.5) is 0 Å². The first kappa shape index (κ1) is 14.3. The van der Waals surface area contributed by atoms with Crippen LogP contribution in [-0.2, 0) is 0 Å². The molecule has 1 N–H and O–H groups in total. The van der Waals surface area contributed by atoms with Gasteiger partial charge in [-0.1, -0.05) is 35.3 Å². The summed E-state index contributed by atoms with van der Waals surface area (Å²) in [7, 11) is 0. The second-order valence-corrected chi connectivity index (χ2v) is 5.24. The third kappa shape index (κ3) is 3.26. The number of halogens is 2. The first-order chi connectivity index (χ1) is 9.01. The fourth-order valence-corrected chi connectivity index (χ4v) is 2.43. The fourth-order valence-electron chi connectivity index (χ4n) is 1.91. The van der Waals surface area contributed by atoms with E-state index in [0.29, 0.717) is 27.3 Å². The summed E-state index contributed by atoms with van der Waals surface area (Å²) in [5.74, 6) is 0.665. The molecule has 0 bridgehead atoms. The Bertz CT molecular complexity index is 549. The lowest BCUT2D eigenvalue weighted by Crippen LogP contribution is -2.13. The summed E-state index contributed by atoms with van der Waals surface area (Å²) in [6, 6.07) is 5.06. The average molecular weight is 301 g/mol. The van der Waals surface area contributed by atoms with Crippen LogP contribution in [0.3, 0.4) is 0 Å². The van der Waals surface area contributed by atoms with E-state index in [1.165, 1.54) is 0 Å². The third-order valence-corrected chi connectivity index (χ3v) is 3.34. The normalized spacial score (nSPS) is 14.4. The van der Waals surface area contributed by atoms with E-state index in [1.54, 1.807) is 25.1 Å². The van der Waals surface area contributed by atoms with Crippen molar-refractivity contribution in [3.05, 3.63) is 34.1 Å². The SMILES string of the molecule is CCC(c1nc(-c2cc(Cl)cc(Cl)c2)no1)C(C)O. The molecular weight excluding hydrogens is 287 g/mol. The second kappa shape index (κ2) is 5.90. The molecule has 0 aliphatic rings. The van der Waals surface area contributed by atoms with Crippen LogP contribution >= 0.6 is 23.2 Å². The fraction of sp³-hybridized carbons (Fsp3) is 0.385. The zero-order chi connectivity index (χ0) is 14.0. The quantitative estimate of drug-likeness (QED) is 0.930. The zero-order valence-corrected chi connectivity index (χ0v) is 12.1. The summed E-state index contributed by atoms with van der Waals surface area (Å²) in [6.07, 6.45) is 0.177. The molecule has 0 radical (unpaired) electrons. The lowest BCUT2D eigenvalue weighted by atomic mass is 10.0. The highest BCUT2D eigenvalue weighted by atomic mass is 35.5. The van der Waals surface area contributed by atoms with Crippen LogP contribution in [0.15, 0.2) is 22.7 Å². The van der Waals surface area contributed by atoms with Gasteiger partial charge in [0, 0.05) is 15.6 Å². The Morgan fingerprint density at radius 2 is 1.89 bits per heavy atom. The molecule has 2 unspecified atom stereocenters. The molecule has 1 aromatic carbocycles. The largest absolute Gasteiger partial charge is 0.393 e. The Kier molecular flexibility index (Phi) is 4.45. The first-order valence-corrected chi connectivity index (χ1v) is 6.75. The number of hydrogen-bond acceptors (Lipinski definition) is 4. The maximum Gasteiger partial charge on any atom is 0.232 e. The van der Waals surface area contributed by atoms with Gasteiger partial charge in [0.1, 0.15) is 0 Å². The molecule has 1 heterocycles. The minimum Gasteiger partial charge on any atom is -0.393 e. The monoisotopic (exact) mass is 300 g/mol. The first-order valence-electron chi connectivity index (χ1n) is 5.99. The highest BCUT2D eigenvalue weighted by molar-refractivity contribution is 6.35. The molecule has 2 atom stereocenters. The van der Waals surface area contributed by atoms with Crippen LogP contribution in [0.2, 0.25) is 10.0 Å². The molecule has 0 saturated carbocycles. The second-order valence-electron chi connectivity index (χ2n) is 4.37. The van der Waals surface area contributed by atoms with Gasteiger partial charge in [0.2, 0.25) is 11.7 Å². The Hall–Kier alpha value is -1.10. The van der Waals surface area contributed by atoms with E-state index in [0.717, 1.165) is 6.42 Å². The highest BCUT2D eigenvalue weighted by Crippen LogP contribution is 2.28. The molecule has 102 valence electrons. The predicted molar refractivity (Wildman–Crippen MR) is 74.5 cm³/mol. The number of aliphatic hydroxyl groups excluding tert-OH is 1. The third-order valence-electron chi connectivity index (χ3n) is 2.90. The van der Waals surface area contributed by atoms with Gasteiger partial charge >= 0.3 is 0 Å². The van der Waals surface area contributed by atoms with Crippen LogP contribution in [0.1, 0.15) is 32.1 Å². The van der Waals surface area contributed by atoms with E-state index in [-0.39, 0.29) is 5.92 Å². The molecule has 0 spiro atoms. The van der Waals surface area contributed by atoms with E-state index in [1.807, 2.05) is 6.92 Å². The number of hydrogen-bond donors (Lipinski definition) is 1. The molecule has 0 fully saturated rings. The Balaban J connectivity index is 2.35. The minimum absolute atomic E-state index is 0.170. The average Bonchev–Trinajstić information content (AvgIpc) is 2.77. The topological polar surface area (TPSA) is 59.2 Å². The standard InChI is InChI=1S/C13H14Cl2N2O2/c1-3-11(7(2)18)13-16-12(17-19-13)8-4-9(14)6-10(15)5-8/h4-7,11,18H,3H2,1-2H3. The maximum absolute atomic E-state index is 9.66. The van der Waals surface area contributed by atoms with Gasteiger partial charge in [0.15, 0.2) is 0 Å². The summed E-state index contributed by atoms with van der Waals surface area (Å²) < 4.78 is 5.21. The summed E-state index contributed by atoms with van der Waals surface area (Å²) in [5.41, 5.74) is 0.688. The highest BCUT2D eigenvalue weighted by Gasteiger charge is 2.22. The molecule has 6 heteroatoms. The van der Waals surface area contributed by atoms with Gasteiger partial charge in [-0.25, -0.2) is 0 Å². The lowest BCUT2D eigenvalue weighted by Gasteiger charge is -2.12. The van der Waals surface area contributed by atoms with Gasteiger partial charge in [-0.15, -0.1) is 0 Å². The molecule has 0 aliphatic carbocycles. The van der Waals surface area contributed by atoms with Gasteiger partial charge < -0.3 is 9.63 Å². The van der Waals surface area contributed by atoms with Gasteiger partial charge in [-0.2, -0.15) is 4.98 Å². The summed E-state index contributed by atoms with van der Waals surface area (Å²) in [4.78, 5) is 4.30. The van der Waals surface area contributed by atoms with Gasteiger partial charge in [-0.3, -0.25) is 0 Å². The van der Waals surface area contributed by atoms with Crippen molar-refractivity contribution >= 4 is 23.2 Å². The van der Waals surface area contributed by atoms with Crippen molar-refractivity contribution in [2.75, 3.05) is 0 Å². The molecule has 2 rings (SSSR count). The molecule has 0 aliphatic heterocycles. The van der Waals surface area contributed by atoms with Gasteiger partial charge in [-0.05, 0) is 31.5 Å². The van der Waals surface area contributed by atoms with E-state index in [2.05, 4.69) is 10.1 Å². The molecule has 0 saturated heterocycles. The van der Waals surface area contributed by atoms with Gasteiger partial charge in [0.05, 0.1) is 12.0 Å². The van der Waals surface area contributed by atoms with Crippen LogP contribution in [0.5, 0.6) is 0 Å². The zero-order valence-electron chi connectivity index (χ0n) is 10.6. The van der Waals surface area contributed by atoms with E-state index in [4.69, 9.17) is 27.7 Å². The number of aliphatic hydroxyl groups is 1. The van der Waals surface area contributed by atoms with Crippen molar-refractivity contribution < 1.29 is 9.63 Å². The Morgan fingerprint density at radius 3 is 2.42 bits per heavy atom. The van der Waals surface area contributed by atoms with Crippen LogP contribution < -0.4 is 0 Å². The van der Waals surface area contributed by atoms with Crippen molar-refractivity contribution in [3.8, 4) is 11.4 Å². The smallest absolute Gasteiger partial charge is 0.232 e. The minimum atomic E-state index is -0.541. The molecule has 0 amide bonds. The van der Waals surface area contributed by atoms with Crippen molar-refractivity contribution in [2.24, 2.45) is 0 Å². The van der Waals surface area contributed by atoms with E-state index < -0.39 is 6.10 Å². The maximum atomic E-state index is 9.66. The Morgan fingerprint density at radius 1 is 1.26 bits per heavy atom. The summed E-state index contributed by atoms with van der Waals surface area (Å²) in [6.45, 7) is 3.66. The number of nitrogens with zero attached hydrogens (tertiary/aromatic N) is 2.